The van der Waals surface area contributed by atoms with E-state index in [9.17, 15) is 4.79 Å². The van der Waals surface area contributed by atoms with Gasteiger partial charge in [-0.15, -0.1) is 0 Å². The molecule has 0 amide bonds. The maximum Gasteiger partial charge on any atom is 0.341 e. The molecule has 4 nitrogen and oxygen atoms in total. The van der Waals surface area contributed by atoms with Crippen molar-refractivity contribution in [2.75, 3.05) is 13.2 Å². The third-order valence-electron chi connectivity index (χ3n) is 2.53. The summed E-state index contributed by atoms with van der Waals surface area (Å²) < 4.78 is 10.6. The van der Waals surface area contributed by atoms with Crippen LogP contribution < -0.4 is 4.74 Å². The first-order chi connectivity index (χ1) is 9.19. The van der Waals surface area contributed by atoms with Crippen LogP contribution >= 0.6 is 11.6 Å². The van der Waals surface area contributed by atoms with Gasteiger partial charge >= 0.3 is 5.97 Å². The van der Waals surface area contributed by atoms with E-state index in [-0.39, 0.29) is 10.7 Å². The highest BCUT2D eigenvalue weighted by molar-refractivity contribution is 6.32. The van der Waals surface area contributed by atoms with E-state index in [0.717, 1.165) is 25.7 Å². The minimum atomic E-state index is -0.452. The lowest BCUT2D eigenvalue weighted by atomic mass is 10.3. The van der Waals surface area contributed by atoms with Gasteiger partial charge in [0.1, 0.15) is 16.5 Å². The Morgan fingerprint density at radius 1 is 1.26 bits per heavy atom. The lowest BCUT2D eigenvalue weighted by Gasteiger charge is -2.08. The molecule has 0 spiro atoms. The molecule has 0 aliphatic carbocycles. The lowest BCUT2D eigenvalue weighted by Crippen LogP contribution is -2.08. The molecule has 0 radical (unpaired) electrons. The van der Waals surface area contributed by atoms with E-state index < -0.39 is 5.97 Å². The molecule has 1 rings (SSSR count). The van der Waals surface area contributed by atoms with Gasteiger partial charge in [0, 0.05) is 0 Å². The van der Waals surface area contributed by atoms with Gasteiger partial charge in [0.25, 0.3) is 0 Å². The number of ether oxygens (including phenoxy) is 2. The number of hydrogen-bond donors (Lipinski definition) is 0. The molecule has 0 aliphatic heterocycles. The van der Waals surface area contributed by atoms with Gasteiger partial charge in [0.2, 0.25) is 0 Å². The van der Waals surface area contributed by atoms with Gasteiger partial charge in [-0.2, -0.15) is 0 Å². The second-order valence-corrected chi connectivity index (χ2v) is 4.56. The molecule has 0 atom stereocenters. The zero-order valence-corrected chi connectivity index (χ0v) is 12.2. The predicted octanol–water partition coefficient (Wildman–Crippen LogP) is 3.87. The number of unbranched alkanes of at least 4 members (excludes halogenated alkanes) is 2. The normalized spacial score (nSPS) is 10.3. The van der Waals surface area contributed by atoms with Gasteiger partial charge < -0.3 is 9.47 Å². The fourth-order valence-corrected chi connectivity index (χ4v) is 1.55. The highest BCUT2D eigenvalue weighted by Crippen LogP contribution is 2.20. The lowest BCUT2D eigenvalue weighted by molar-refractivity contribution is 0.0499. The number of hydrogen-bond acceptors (Lipinski definition) is 4. The van der Waals surface area contributed by atoms with Gasteiger partial charge in [0.05, 0.1) is 19.4 Å². The van der Waals surface area contributed by atoms with Crippen molar-refractivity contribution in [3.05, 3.63) is 23.0 Å². The van der Waals surface area contributed by atoms with E-state index in [4.69, 9.17) is 21.1 Å². The Morgan fingerprint density at radius 3 is 2.63 bits per heavy atom. The number of carbonyl (C=O) groups is 1. The number of halogens is 1. The standard InChI is InChI=1S/C14H20ClNO3/c1-3-5-7-18-11-9-12(13(15)16-10-11)14(17)19-8-6-4-2/h9-10H,3-8H2,1-2H3. The molecule has 0 saturated carbocycles. The molecule has 5 heteroatoms. The van der Waals surface area contributed by atoms with Crippen molar-refractivity contribution < 1.29 is 14.3 Å². The minimum absolute atomic E-state index is 0.143. The van der Waals surface area contributed by atoms with Crippen molar-refractivity contribution in [1.29, 1.82) is 0 Å². The van der Waals surface area contributed by atoms with E-state index in [1.165, 1.54) is 6.20 Å². The summed E-state index contributed by atoms with van der Waals surface area (Å²) in [6.07, 6.45) is 5.33. The number of carbonyl (C=O) groups excluding carboxylic acids is 1. The van der Waals surface area contributed by atoms with Crippen LogP contribution in [0, 0.1) is 0 Å². The Morgan fingerprint density at radius 2 is 1.95 bits per heavy atom. The van der Waals surface area contributed by atoms with Crippen LogP contribution in [0.5, 0.6) is 5.75 Å². The van der Waals surface area contributed by atoms with Crippen molar-refractivity contribution in [1.82, 2.24) is 4.98 Å². The van der Waals surface area contributed by atoms with Crippen molar-refractivity contribution in [3.63, 3.8) is 0 Å². The molecule has 0 aliphatic rings. The highest BCUT2D eigenvalue weighted by Gasteiger charge is 2.14. The van der Waals surface area contributed by atoms with Crippen LogP contribution in [-0.2, 0) is 4.74 Å². The number of aromatic nitrogens is 1. The summed E-state index contributed by atoms with van der Waals surface area (Å²) in [4.78, 5) is 15.8. The zero-order chi connectivity index (χ0) is 14.1. The van der Waals surface area contributed by atoms with E-state index in [1.807, 2.05) is 6.92 Å². The Labute approximate surface area is 119 Å². The molecule has 0 unspecified atom stereocenters. The van der Waals surface area contributed by atoms with Gasteiger partial charge in [-0.25, -0.2) is 9.78 Å². The minimum Gasteiger partial charge on any atom is -0.492 e. The van der Waals surface area contributed by atoms with Gasteiger partial charge in [-0.1, -0.05) is 38.3 Å². The molecule has 1 aromatic heterocycles. The average molecular weight is 286 g/mol. The Hall–Kier alpha value is -1.29. The maximum atomic E-state index is 11.8. The highest BCUT2D eigenvalue weighted by atomic mass is 35.5. The van der Waals surface area contributed by atoms with Crippen LogP contribution in [-0.4, -0.2) is 24.2 Å². The first kappa shape index (κ1) is 15.8. The largest absolute Gasteiger partial charge is 0.492 e. The molecular weight excluding hydrogens is 266 g/mol. The van der Waals surface area contributed by atoms with E-state index >= 15 is 0 Å². The number of pyridine rings is 1. The van der Waals surface area contributed by atoms with Gasteiger partial charge in [-0.05, 0) is 18.9 Å². The van der Waals surface area contributed by atoms with Crippen LogP contribution in [0.15, 0.2) is 12.3 Å². The summed E-state index contributed by atoms with van der Waals surface area (Å²) in [5.41, 5.74) is 0.256. The third-order valence-corrected chi connectivity index (χ3v) is 2.83. The number of rotatable bonds is 8. The molecule has 0 bridgehead atoms. The smallest absolute Gasteiger partial charge is 0.341 e. The van der Waals surface area contributed by atoms with Crippen LogP contribution in [0.4, 0.5) is 0 Å². The van der Waals surface area contributed by atoms with E-state index in [2.05, 4.69) is 11.9 Å². The second-order valence-electron chi connectivity index (χ2n) is 4.20. The molecule has 0 saturated heterocycles. The summed E-state index contributed by atoms with van der Waals surface area (Å²) >= 11 is 5.90. The van der Waals surface area contributed by atoms with E-state index in [0.29, 0.717) is 19.0 Å². The van der Waals surface area contributed by atoms with Crippen LogP contribution in [0.3, 0.4) is 0 Å². The molecule has 19 heavy (non-hydrogen) atoms. The van der Waals surface area contributed by atoms with E-state index in [1.54, 1.807) is 6.07 Å². The molecular formula is C14H20ClNO3. The topological polar surface area (TPSA) is 48.4 Å². The summed E-state index contributed by atoms with van der Waals surface area (Å²) in [5.74, 6) is 0.0900. The Bertz CT molecular complexity index is 410. The zero-order valence-electron chi connectivity index (χ0n) is 11.4. The SMILES string of the molecule is CCCCOC(=O)c1cc(OCCCC)cnc1Cl. The summed E-state index contributed by atoms with van der Waals surface area (Å²) in [6.45, 7) is 5.11. The number of nitrogens with zero attached hydrogens (tertiary/aromatic N) is 1. The fraction of sp³-hybridized carbons (Fsp3) is 0.571. The summed E-state index contributed by atoms with van der Waals surface area (Å²) in [7, 11) is 0. The van der Waals surface area contributed by atoms with Gasteiger partial charge in [0.15, 0.2) is 0 Å². The fourth-order valence-electron chi connectivity index (χ4n) is 1.37. The van der Waals surface area contributed by atoms with Crippen LogP contribution in [0.2, 0.25) is 5.15 Å². The molecule has 0 aromatic carbocycles. The molecule has 0 N–H and O–H groups in total. The first-order valence-electron chi connectivity index (χ1n) is 6.64. The van der Waals surface area contributed by atoms with Crippen molar-refractivity contribution in [3.8, 4) is 5.75 Å². The maximum absolute atomic E-state index is 11.8. The third kappa shape index (κ3) is 5.47. The number of esters is 1. The second kappa shape index (κ2) is 8.75. The Balaban J connectivity index is 2.65. The van der Waals surface area contributed by atoms with Crippen molar-refractivity contribution >= 4 is 17.6 Å². The summed E-state index contributed by atoms with van der Waals surface area (Å²) in [6, 6.07) is 1.58. The van der Waals surface area contributed by atoms with Crippen LogP contribution in [0.25, 0.3) is 0 Å². The monoisotopic (exact) mass is 285 g/mol. The molecule has 0 fully saturated rings. The molecule has 1 aromatic rings. The summed E-state index contributed by atoms with van der Waals surface area (Å²) in [5, 5.41) is 0.143. The molecule has 1 heterocycles. The predicted molar refractivity (Wildman–Crippen MR) is 74.8 cm³/mol. The van der Waals surface area contributed by atoms with Crippen molar-refractivity contribution in [2.45, 2.75) is 39.5 Å². The van der Waals surface area contributed by atoms with Crippen LogP contribution in [0.1, 0.15) is 49.9 Å². The van der Waals surface area contributed by atoms with Gasteiger partial charge in [-0.3, -0.25) is 0 Å². The van der Waals surface area contributed by atoms with Crippen molar-refractivity contribution in [2.24, 2.45) is 0 Å². The Kier molecular flexibility index (Phi) is 7.26. The average Bonchev–Trinajstić information content (AvgIpc) is 2.41. The first-order valence-corrected chi connectivity index (χ1v) is 7.02. The molecule has 106 valence electrons. The quantitative estimate of drug-likeness (QED) is 0.413.